The van der Waals surface area contributed by atoms with Gasteiger partial charge in [-0.25, -0.2) is 0 Å². The first-order valence-electron chi connectivity index (χ1n) is 6.81. The molecular formula is C17H17NO2. The number of carbonyl (C=O) groups is 1. The van der Waals surface area contributed by atoms with Gasteiger partial charge in [-0.3, -0.25) is 9.69 Å². The summed E-state index contributed by atoms with van der Waals surface area (Å²) in [5.74, 6) is -0.740. The van der Waals surface area contributed by atoms with Crippen molar-refractivity contribution in [3.05, 3.63) is 71.3 Å². The maximum atomic E-state index is 11.5. The van der Waals surface area contributed by atoms with Crippen LogP contribution in [0.4, 0.5) is 0 Å². The summed E-state index contributed by atoms with van der Waals surface area (Å²) >= 11 is 0. The van der Waals surface area contributed by atoms with Crippen LogP contribution >= 0.6 is 0 Å². The molecule has 3 heteroatoms. The Morgan fingerprint density at radius 3 is 2.40 bits per heavy atom. The first-order chi connectivity index (χ1) is 9.74. The summed E-state index contributed by atoms with van der Waals surface area (Å²) in [5, 5.41) is 9.47. The van der Waals surface area contributed by atoms with Crippen molar-refractivity contribution in [1.82, 2.24) is 4.90 Å². The summed E-state index contributed by atoms with van der Waals surface area (Å²) in [6.45, 7) is 1.37. The van der Waals surface area contributed by atoms with Crippen molar-refractivity contribution in [3.63, 3.8) is 0 Å². The van der Waals surface area contributed by atoms with E-state index in [4.69, 9.17) is 0 Å². The van der Waals surface area contributed by atoms with Crippen LogP contribution in [0.5, 0.6) is 0 Å². The molecule has 1 aliphatic rings. The van der Waals surface area contributed by atoms with Crippen LogP contribution in [0.15, 0.2) is 54.6 Å². The lowest BCUT2D eigenvalue weighted by Crippen LogP contribution is -2.44. The van der Waals surface area contributed by atoms with E-state index in [0.29, 0.717) is 19.5 Å². The Hall–Kier alpha value is -2.13. The number of aliphatic carboxylic acids is 1. The second kappa shape index (κ2) is 5.47. The van der Waals surface area contributed by atoms with Gasteiger partial charge in [-0.15, -0.1) is 0 Å². The fraction of sp³-hybridized carbons (Fsp3) is 0.235. The van der Waals surface area contributed by atoms with Gasteiger partial charge in [0, 0.05) is 13.1 Å². The van der Waals surface area contributed by atoms with Crippen molar-refractivity contribution < 1.29 is 9.90 Å². The zero-order valence-corrected chi connectivity index (χ0v) is 11.2. The second-order valence-corrected chi connectivity index (χ2v) is 5.22. The molecule has 0 amide bonds. The minimum absolute atomic E-state index is 0.440. The predicted molar refractivity (Wildman–Crippen MR) is 77.3 cm³/mol. The van der Waals surface area contributed by atoms with Crippen LogP contribution in [0, 0.1) is 0 Å². The van der Waals surface area contributed by atoms with Gasteiger partial charge in [0.05, 0.1) is 0 Å². The number of fused-ring (bicyclic) bond motifs is 1. The summed E-state index contributed by atoms with van der Waals surface area (Å²) in [6, 6.07) is 17.7. The van der Waals surface area contributed by atoms with E-state index in [1.807, 2.05) is 53.4 Å². The average Bonchev–Trinajstić information content (AvgIpc) is 2.47. The highest BCUT2D eigenvalue weighted by molar-refractivity contribution is 5.74. The maximum Gasteiger partial charge on any atom is 0.321 e. The third-order valence-electron chi connectivity index (χ3n) is 3.86. The van der Waals surface area contributed by atoms with E-state index in [1.54, 1.807) is 0 Å². The Labute approximate surface area is 118 Å². The summed E-state index contributed by atoms with van der Waals surface area (Å²) in [7, 11) is 0. The molecule has 2 aromatic carbocycles. The zero-order valence-electron chi connectivity index (χ0n) is 11.2. The first-order valence-corrected chi connectivity index (χ1v) is 6.81. The van der Waals surface area contributed by atoms with E-state index in [-0.39, 0.29) is 0 Å². The number of nitrogens with zero attached hydrogens (tertiary/aromatic N) is 1. The fourth-order valence-corrected chi connectivity index (χ4v) is 2.80. The molecule has 3 rings (SSSR count). The van der Waals surface area contributed by atoms with Crippen molar-refractivity contribution in [2.75, 3.05) is 0 Å². The molecular weight excluding hydrogens is 250 g/mol. The minimum Gasteiger partial charge on any atom is -0.480 e. The zero-order chi connectivity index (χ0) is 13.9. The van der Waals surface area contributed by atoms with Gasteiger partial charge >= 0.3 is 5.97 Å². The van der Waals surface area contributed by atoms with E-state index in [2.05, 4.69) is 6.07 Å². The van der Waals surface area contributed by atoms with Crippen molar-refractivity contribution in [3.8, 4) is 0 Å². The van der Waals surface area contributed by atoms with E-state index in [0.717, 1.165) is 11.1 Å². The Balaban J connectivity index is 1.87. The number of rotatable bonds is 3. The number of hydrogen-bond donors (Lipinski definition) is 1. The SMILES string of the molecule is O=C(O)[C@@H]1Cc2ccccc2CN1Cc1ccccc1. The van der Waals surface area contributed by atoms with Gasteiger partial charge in [-0.1, -0.05) is 54.6 Å². The molecule has 102 valence electrons. The Kier molecular flexibility index (Phi) is 3.52. The molecule has 0 fully saturated rings. The Morgan fingerprint density at radius 1 is 1.05 bits per heavy atom. The first kappa shape index (κ1) is 12.9. The highest BCUT2D eigenvalue weighted by atomic mass is 16.4. The van der Waals surface area contributed by atoms with E-state index < -0.39 is 12.0 Å². The molecule has 1 aliphatic heterocycles. The topological polar surface area (TPSA) is 40.5 Å². The number of carboxylic acids is 1. The molecule has 3 nitrogen and oxygen atoms in total. The van der Waals surface area contributed by atoms with Crippen LogP contribution in [0.25, 0.3) is 0 Å². The number of benzene rings is 2. The molecule has 0 unspecified atom stereocenters. The van der Waals surface area contributed by atoms with Gasteiger partial charge in [0.15, 0.2) is 0 Å². The van der Waals surface area contributed by atoms with Crippen LogP contribution in [0.3, 0.4) is 0 Å². The average molecular weight is 267 g/mol. The molecule has 0 radical (unpaired) electrons. The van der Waals surface area contributed by atoms with Crippen LogP contribution in [-0.4, -0.2) is 22.0 Å². The van der Waals surface area contributed by atoms with Gasteiger partial charge in [0.2, 0.25) is 0 Å². The molecule has 20 heavy (non-hydrogen) atoms. The van der Waals surface area contributed by atoms with Crippen LogP contribution in [-0.2, 0) is 24.3 Å². The third-order valence-corrected chi connectivity index (χ3v) is 3.86. The second-order valence-electron chi connectivity index (χ2n) is 5.22. The lowest BCUT2D eigenvalue weighted by molar-refractivity contribution is -0.144. The highest BCUT2D eigenvalue weighted by Gasteiger charge is 2.30. The molecule has 0 spiro atoms. The van der Waals surface area contributed by atoms with Crippen molar-refractivity contribution in [2.24, 2.45) is 0 Å². The molecule has 0 bridgehead atoms. The fourth-order valence-electron chi connectivity index (χ4n) is 2.80. The molecule has 1 heterocycles. The normalized spacial score (nSPS) is 18.5. The van der Waals surface area contributed by atoms with Gasteiger partial charge < -0.3 is 5.11 Å². The highest BCUT2D eigenvalue weighted by Crippen LogP contribution is 2.25. The maximum absolute atomic E-state index is 11.5. The molecule has 0 aromatic heterocycles. The molecule has 1 atom stereocenters. The van der Waals surface area contributed by atoms with Crippen LogP contribution in [0.1, 0.15) is 16.7 Å². The van der Waals surface area contributed by atoms with Gasteiger partial charge in [-0.2, -0.15) is 0 Å². The largest absolute Gasteiger partial charge is 0.480 e. The predicted octanol–water partition coefficient (Wildman–Crippen LogP) is 2.70. The van der Waals surface area contributed by atoms with Crippen molar-refractivity contribution in [2.45, 2.75) is 25.6 Å². The van der Waals surface area contributed by atoms with Gasteiger partial charge in [0.25, 0.3) is 0 Å². The summed E-state index contributed by atoms with van der Waals surface area (Å²) in [6.07, 6.45) is 0.582. The molecule has 0 saturated heterocycles. The number of hydrogen-bond acceptors (Lipinski definition) is 2. The Morgan fingerprint density at radius 2 is 1.70 bits per heavy atom. The van der Waals surface area contributed by atoms with Gasteiger partial charge in [-0.05, 0) is 23.1 Å². The van der Waals surface area contributed by atoms with E-state index in [1.165, 1.54) is 5.56 Å². The standard InChI is InChI=1S/C17H17NO2/c19-17(20)16-10-14-8-4-5-9-15(14)12-18(16)11-13-6-2-1-3-7-13/h1-9,16H,10-12H2,(H,19,20)/t16-/m0/s1. The Bertz CT molecular complexity index is 609. The smallest absolute Gasteiger partial charge is 0.321 e. The lowest BCUT2D eigenvalue weighted by Gasteiger charge is -2.34. The molecule has 0 aliphatic carbocycles. The summed E-state index contributed by atoms with van der Waals surface area (Å²) in [4.78, 5) is 13.6. The molecule has 0 saturated carbocycles. The summed E-state index contributed by atoms with van der Waals surface area (Å²) < 4.78 is 0. The summed E-state index contributed by atoms with van der Waals surface area (Å²) in [5.41, 5.74) is 3.54. The molecule has 1 N–H and O–H groups in total. The van der Waals surface area contributed by atoms with Gasteiger partial charge in [0.1, 0.15) is 6.04 Å². The van der Waals surface area contributed by atoms with Crippen molar-refractivity contribution in [1.29, 1.82) is 0 Å². The van der Waals surface area contributed by atoms with Crippen LogP contribution < -0.4 is 0 Å². The van der Waals surface area contributed by atoms with Crippen LogP contribution in [0.2, 0.25) is 0 Å². The minimum atomic E-state index is -0.740. The number of carboxylic acid groups (broad SMARTS) is 1. The van der Waals surface area contributed by atoms with E-state index >= 15 is 0 Å². The quantitative estimate of drug-likeness (QED) is 0.929. The third kappa shape index (κ3) is 2.58. The lowest BCUT2D eigenvalue weighted by atomic mass is 9.93. The van der Waals surface area contributed by atoms with E-state index in [9.17, 15) is 9.90 Å². The molecule has 2 aromatic rings. The van der Waals surface area contributed by atoms with Crippen molar-refractivity contribution >= 4 is 5.97 Å². The monoisotopic (exact) mass is 267 g/mol.